The molecule has 0 aliphatic carbocycles. The fourth-order valence-electron chi connectivity index (χ4n) is 2.68. The lowest BCUT2D eigenvalue weighted by atomic mass is 9.96. The largest absolute Gasteiger partial charge is 0.370 e. The van der Waals surface area contributed by atoms with E-state index in [0.29, 0.717) is 5.02 Å². The number of carbonyl (C=O) groups is 1. The molecule has 1 saturated heterocycles. The zero-order chi connectivity index (χ0) is 14.7. The third kappa shape index (κ3) is 3.25. The monoisotopic (exact) mass is 295 g/mol. The lowest BCUT2D eigenvalue weighted by molar-refractivity contribution is -0.124. The predicted octanol–water partition coefficient (Wildman–Crippen LogP) is 2.32. The van der Waals surface area contributed by atoms with Crippen molar-refractivity contribution >= 4 is 23.2 Å². The maximum Gasteiger partial charge on any atom is 0.224 e. The molecule has 0 radical (unpaired) electrons. The van der Waals surface area contributed by atoms with Crippen LogP contribution in [0.25, 0.3) is 0 Å². The summed E-state index contributed by atoms with van der Waals surface area (Å²) in [5.74, 6) is 0.149. The molecule has 1 fully saturated rings. The molecule has 0 saturated carbocycles. The third-order valence-electron chi connectivity index (χ3n) is 3.88. The van der Waals surface area contributed by atoms with E-state index in [4.69, 9.17) is 17.3 Å². The van der Waals surface area contributed by atoms with Gasteiger partial charge in [-0.1, -0.05) is 17.7 Å². The van der Waals surface area contributed by atoms with Gasteiger partial charge in [0.2, 0.25) is 5.91 Å². The highest BCUT2D eigenvalue weighted by atomic mass is 35.5. The minimum atomic E-state index is -0.0264. The van der Waals surface area contributed by atoms with Crippen LogP contribution in [-0.4, -0.2) is 26.0 Å². The minimum Gasteiger partial charge on any atom is -0.370 e. The molecule has 2 atom stereocenters. The van der Waals surface area contributed by atoms with Gasteiger partial charge in [-0.2, -0.15) is 0 Å². The Hall–Kier alpha value is -1.26. The highest BCUT2D eigenvalue weighted by molar-refractivity contribution is 6.33. The number of carbonyl (C=O) groups excluding carboxylic acids is 1. The van der Waals surface area contributed by atoms with Crippen molar-refractivity contribution in [1.29, 1.82) is 0 Å². The average Bonchev–Trinajstić information content (AvgIpc) is 2.46. The molecular formula is C15H22ClN3O. The molecule has 1 heterocycles. The zero-order valence-corrected chi connectivity index (χ0v) is 12.8. The van der Waals surface area contributed by atoms with E-state index in [1.54, 1.807) is 7.05 Å². The van der Waals surface area contributed by atoms with Gasteiger partial charge >= 0.3 is 0 Å². The number of halogens is 1. The van der Waals surface area contributed by atoms with Crippen molar-refractivity contribution in [2.45, 2.75) is 25.8 Å². The molecule has 0 spiro atoms. The van der Waals surface area contributed by atoms with Gasteiger partial charge in [0.05, 0.1) is 16.6 Å². The van der Waals surface area contributed by atoms with E-state index in [1.807, 2.05) is 25.1 Å². The quantitative estimate of drug-likeness (QED) is 0.900. The number of piperidine rings is 1. The number of anilines is 1. The van der Waals surface area contributed by atoms with Gasteiger partial charge in [-0.25, -0.2) is 0 Å². The topological polar surface area (TPSA) is 58.4 Å². The first-order chi connectivity index (χ1) is 9.52. The average molecular weight is 296 g/mol. The first kappa shape index (κ1) is 15.1. The van der Waals surface area contributed by atoms with Crippen molar-refractivity contribution in [2.24, 2.45) is 11.7 Å². The van der Waals surface area contributed by atoms with E-state index in [1.165, 1.54) is 0 Å². The Bertz CT molecular complexity index is 490. The van der Waals surface area contributed by atoms with Crippen LogP contribution in [0.1, 0.15) is 31.4 Å². The number of hydrogen-bond acceptors (Lipinski definition) is 3. The fraction of sp³-hybridized carbons (Fsp3) is 0.533. The lowest BCUT2D eigenvalue weighted by Crippen LogP contribution is -2.42. The van der Waals surface area contributed by atoms with Crippen molar-refractivity contribution < 1.29 is 4.79 Å². The normalized spacial score (nSPS) is 20.6. The summed E-state index contributed by atoms with van der Waals surface area (Å²) in [6.45, 7) is 3.59. The van der Waals surface area contributed by atoms with Crippen LogP contribution in [0.5, 0.6) is 0 Å². The molecule has 5 heteroatoms. The van der Waals surface area contributed by atoms with Crippen molar-refractivity contribution in [3.63, 3.8) is 0 Å². The summed E-state index contributed by atoms with van der Waals surface area (Å²) >= 11 is 6.37. The fourth-order valence-corrected chi connectivity index (χ4v) is 2.99. The Morgan fingerprint density at radius 1 is 1.55 bits per heavy atom. The molecule has 110 valence electrons. The second-order valence-corrected chi connectivity index (χ2v) is 5.81. The van der Waals surface area contributed by atoms with Crippen molar-refractivity contribution in [3.8, 4) is 0 Å². The number of benzene rings is 1. The molecule has 0 aromatic heterocycles. The Balaban J connectivity index is 2.17. The van der Waals surface area contributed by atoms with Crippen molar-refractivity contribution in [3.05, 3.63) is 28.8 Å². The van der Waals surface area contributed by atoms with E-state index >= 15 is 0 Å². The smallest absolute Gasteiger partial charge is 0.224 e. The van der Waals surface area contributed by atoms with Gasteiger partial charge in [0.25, 0.3) is 0 Å². The molecule has 1 amide bonds. The van der Waals surface area contributed by atoms with Crippen LogP contribution in [0.3, 0.4) is 0 Å². The maximum atomic E-state index is 11.8. The number of amides is 1. The number of hydrogen-bond donors (Lipinski definition) is 2. The predicted molar refractivity (Wildman–Crippen MR) is 83.1 cm³/mol. The van der Waals surface area contributed by atoms with Crippen molar-refractivity contribution in [1.82, 2.24) is 5.32 Å². The van der Waals surface area contributed by atoms with Crippen LogP contribution in [0.15, 0.2) is 18.2 Å². The van der Waals surface area contributed by atoms with Crippen molar-refractivity contribution in [2.75, 3.05) is 25.0 Å². The molecule has 1 aromatic rings. The number of nitrogens with one attached hydrogen (secondary N) is 1. The molecule has 1 aliphatic rings. The molecule has 1 unspecified atom stereocenters. The first-order valence-corrected chi connectivity index (χ1v) is 7.42. The third-order valence-corrected chi connectivity index (χ3v) is 4.18. The van der Waals surface area contributed by atoms with Gasteiger partial charge in [0.1, 0.15) is 0 Å². The Morgan fingerprint density at radius 3 is 2.90 bits per heavy atom. The Labute approximate surface area is 125 Å². The van der Waals surface area contributed by atoms with Gasteiger partial charge in [-0.15, -0.1) is 0 Å². The van der Waals surface area contributed by atoms with Gasteiger partial charge in [0, 0.05) is 26.2 Å². The van der Waals surface area contributed by atoms with Gasteiger partial charge < -0.3 is 16.0 Å². The summed E-state index contributed by atoms with van der Waals surface area (Å²) < 4.78 is 0. The van der Waals surface area contributed by atoms with Crippen LogP contribution in [-0.2, 0) is 4.79 Å². The molecular weight excluding hydrogens is 274 g/mol. The van der Waals surface area contributed by atoms with Gasteiger partial charge in [0.15, 0.2) is 0 Å². The minimum absolute atomic E-state index is 0.0264. The summed E-state index contributed by atoms with van der Waals surface area (Å²) in [5.41, 5.74) is 7.88. The van der Waals surface area contributed by atoms with Crippen LogP contribution < -0.4 is 16.0 Å². The highest BCUT2D eigenvalue weighted by Gasteiger charge is 2.26. The number of rotatable bonds is 3. The summed E-state index contributed by atoms with van der Waals surface area (Å²) in [7, 11) is 1.69. The van der Waals surface area contributed by atoms with Crippen LogP contribution in [0, 0.1) is 5.92 Å². The molecule has 0 bridgehead atoms. The van der Waals surface area contributed by atoms with Crippen LogP contribution in [0.4, 0.5) is 5.69 Å². The van der Waals surface area contributed by atoms with Gasteiger partial charge in [-0.05, 0) is 37.5 Å². The molecule has 20 heavy (non-hydrogen) atoms. The second-order valence-electron chi connectivity index (χ2n) is 5.40. The van der Waals surface area contributed by atoms with Gasteiger partial charge in [-0.3, -0.25) is 4.79 Å². The molecule has 4 nitrogen and oxygen atoms in total. The van der Waals surface area contributed by atoms with E-state index in [9.17, 15) is 4.79 Å². The first-order valence-electron chi connectivity index (χ1n) is 7.04. The summed E-state index contributed by atoms with van der Waals surface area (Å²) in [4.78, 5) is 14.0. The standard InChI is InChI=1S/C15H22ClN3O/c1-10(17)11-5-6-14(13(16)8-11)19-7-3-4-12(9-19)15(20)18-2/h5-6,8,10,12H,3-4,7,9,17H2,1-2H3,(H,18,20)/t10-,12?/m0/s1. The summed E-state index contributed by atoms with van der Waals surface area (Å²) in [5, 5.41) is 3.44. The molecule has 1 aromatic carbocycles. The highest BCUT2D eigenvalue weighted by Crippen LogP contribution is 2.31. The van der Waals surface area contributed by atoms with E-state index in [0.717, 1.165) is 37.2 Å². The zero-order valence-electron chi connectivity index (χ0n) is 12.0. The number of nitrogens with two attached hydrogens (primary N) is 1. The lowest BCUT2D eigenvalue weighted by Gasteiger charge is -2.34. The molecule has 1 aliphatic heterocycles. The van der Waals surface area contributed by atoms with Crippen LogP contribution in [0.2, 0.25) is 5.02 Å². The van der Waals surface area contributed by atoms with E-state index in [-0.39, 0.29) is 17.9 Å². The van der Waals surface area contributed by atoms with E-state index in [2.05, 4.69) is 10.2 Å². The second kappa shape index (κ2) is 6.46. The maximum absolute atomic E-state index is 11.8. The molecule has 2 rings (SSSR count). The number of nitrogens with zero attached hydrogens (tertiary/aromatic N) is 1. The molecule has 3 N–H and O–H groups in total. The van der Waals surface area contributed by atoms with E-state index < -0.39 is 0 Å². The van der Waals surface area contributed by atoms with Crippen LogP contribution >= 0.6 is 11.6 Å². The SMILES string of the molecule is CNC(=O)C1CCCN(c2ccc([C@H](C)N)cc2Cl)C1. The Morgan fingerprint density at radius 2 is 2.30 bits per heavy atom. The Kier molecular flexibility index (Phi) is 4.89. The summed E-state index contributed by atoms with van der Waals surface area (Å²) in [6, 6.07) is 5.91. The summed E-state index contributed by atoms with van der Waals surface area (Å²) in [6.07, 6.45) is 1.94.